The highest BCUT2D eigenvalue weighted by Gasteiger charge is 2.32. The second-order valence-electron chi connectivity index (χ2n) is 11.3. The van der Waals surface area contributed by atoms with Crippen LogP contribution in [0.25, 0.3) is 33.7 Å². The minimum Gasteiger partial charge on any atom is -0.424 e. The number of alkyl halides is 6. The van der Waals surface area contributed by atoms with Crippen LogP contribution in [0.4, 0.5) is 26.3 Å². The highest BCUT2D eigenvalue weighted by atomic mass is 19.4. The van der Waals surface area contributed by atoms with Crippen LogP contribution in [0.5, 0.6) is 17.2 Å². The predicted octanol–water partition coefficient (Wildman–Crippen LogP) is 6.34. The van der Waals surface area contributed by atoms with Crippen LogP contribution in [0.3, 0.4) is 0 Å². The summed E-state index contributed by atoms with van der Waals surface area (Å²) in [7, 11) is 0. The first-order chi connectivity index (χ1) is 26.2. The average molecular weight is 770 g/mol. The van der Waals surface area contributed by atoms with Gasteiger partial charge in [-0.05, 0) is 72.8 Å². The Bertz CT molecular complexity index is 2410. The number of nitrogens with zero attached hydrogens (tertiary/aromatic N) is 5. The van der Waals surface area contributed by atoms with Crippen LogP contribution in [0, 0.1) is 0 Å². The number of hydrogen-bond donors (Lipinski definition) is 3. The summed E-state index contributed by atoms with van der Waals surface area (Å²) in [6, 6.07) is 17.1. The number of aromatic nitrogens is 7. The molecule has 0 unspecified atom stereocenters. The molecule has 20 heteroatoms. The van der Waals surface area contributed by atoms with Crippen molar-refractivity contribution in [1.29, 1.82) is 0 Å². The van der Waals surface area contributed by atoms with Crippen LogP contribution in [0.15, 0.2) is 107 Å². The molecule has 1 aliphatic heterocycles. The Kier molecular flexibility index (Phi) is 11.0. The molecule has 2 aromatic carbocycles. The largest absolute Gasteiger partial charge is 0.573 e. The van der Waals surface area contributed by atoms with Gasteiger partial charge in [-0.2, -0.15) is 10.2 Å². The maximum absolute atomic E-state index is 12.3. The van der Waals surface area contributed by atoms with Gasteiger partial charge in [0.1, 0.15) is 11.5 Å². The van der Waals surface area contributed by atoms with Crippen molar-refractivity contribution in [1.82, 2.24) is 34.9 Å². The van der Waals surface area contributed by atoms with E-state index in [2.05, 4.69) is 39.8 Å². The number of aliphatic hydroxyl groups is 1. The Morgan fingerprint density at radius 2 is 1.27 bits per heavy atom. The van der Waals surface area contributed by atoms with E-state index in [1.807, 2.05) is 0 Å². The quantitative estimate of drug-likeness (QED) is 0.122. The Labute approximate surface area is 304 Å². The van der Waals surface area contributed by atoms with Gasteiger partial charge in [-0.25, -0.2) is 14.8 Å². The number of fused-ring (bicyclic) bond motifs is 2. The Balaban J connectivity index is 0.000000162. The molecule has 55 heavy (non-hydrogen) atoms. The molecule has 0 radical (unpaired) electrons. The molecular formula is C35H25F6N7O7. The van der Waals surface area contributed by atoms with Crippen LogP contribution in [0.2, 0.25) is 0 Å². The fourth-order valence-corrected chi connectivity index (χ4v) is 4.97. The van der Waals surface area contributed by atoms with Crippen molar-refractivity contribution in [3.05, 3.63) is 125 Å². The van der Waals surface area contributed by atoms with Gasteiger partial charge in [-0.1, -0.05) is 0 Å². The number of aromatic amines is 2. The molecule has 0 saturated heterocycles. The molecule has 6 heterocycles. The SMILES string of the molecule is O=C1Cc2nc(-c3ccc(OC(F)(F)F)cc3)ccc2O1.O=c1oc2ccc(-c3ccc(OC(F)(F)F)cc3)nc2n1Cc1cn[nH]c1.OCc1cn[nH]c1. The van der Waals surface area contributed by atoms with E-state index in [1.165, 1.54) is 53.1 Å². The molecule has 0 spiro atoms. The summed E-state index contributed by atoms with van der Waals surface area (Å²) in [5.74, 6) is -1.15. The number of H-pyrrole nitrogens is 2. The molecule has 0 bridgehead atoms. The predicted molar refractivity (Wildman–Crippen MR) is 178 cm³/mol. The molecule has 0 atom stereocenters. The van der Waals surface area contributed by atoms with Gasteiger partial charge in [-0.3, -0.25) is 19.6 Å². The summed E-state index contributed by atoms with van der Waals surface area (Å²) < 4.78 is 92.1. The lowest BCUT2D eigenvalue weighted by molar-refractivity contribution is -0.275. The van der Waals surface area contributed by atoms with Crippen molar-refractivity contribution < 1.29 is 54.9 Å². The summed E-state index contributed by atoms with van der Waals surface area (Å²) in [4.78, 5) is 31.9. The van der Waals surface area contributed by atoms with Gasteiger partial charge in [0, 0.05) is 34.6 Å². The monoisotopic (exact) mass is 769 g/mol. The molecular weight excluding hydrogens is 744 g/mol. The van der Waals surface area contributed by atoms with Crippen molar-refractivity contribution >= 4 is 17.2 Å². The van der Waals surface area contributed by atoms with E-state index >= 15 is 0 Å². The molecule has 7 aromatic rings. The van der Waals surface area contributed by atoms with Crippen molar-refractivity contribution in [2.24, 2.45) is 0 Å². The van der Waals surface area contributed by atoms with E-state index in [-0.39, 0.29) is 37.0 Å². The topological polar surface area (TPSA) is 183 Å². The van der Waals surface area contributed by atoms with Gasteiger partial charge >= 0.3 is 24.5 Å². The van der Waals surface area contributed by atoms with Crippen molar-refractivity contribution in [3.63, 3.8) is 0 Å². The standard InChI is InChI=1S/C17H11F3N4O3.C14H8F3NO3.C4H6N2O/c18-17(19,20)27-12-3-1-11(2-4-12)13-5-6-14-15(23-13)24(16(25)26-14)9-10-7-21-22-8-10;15-14(16,17)21-9-3-1-8(2-4-9)10-5-6-12-11(18-10)7-13(19)20-12;7-3-4-1-5-6-2-4/h1-8H,9H2,(H,21,22);1-6H,7H2;1-2,7H,3H2,(H,5,6). The van der Waals surface area contributed by atoms with Gasteiger partial charge < -0.3 is 23.7 Å². The second kappa shape index (κ2) is 16.0. The smallest absolute Gasteiger partial charge is 0.424 e. The van der Waals surface area contributed by atoms with Crippen LogP contribution in [-0.4, -0.2) is 58.7 Å². The number of oxazole rings is 1. The lowest BCUT2D eigenvalue weighted by Gasteiger charge is -2.09. The van der Waals surface area contributed by atoms with Crippen LogP contribution >= 0.6 is 0 Å². The molecule has 3 N–H and O–H groups in total. The molecule has 0 saturated carbocycles. The van der Waals surface area contributed by atoms with Crippen molar-refractivity contribution in [3.8, 4) is 39.8 Å². The van der Waals surface area contributed by atoms with E-state index in [9.17, 15) is 35.9 Å². The van der Waals surface area contributed by atoms with Crippen LogP contribution in [0.1, 0.15) is 16.8 Å². The molecule has 5 aromatic heterocycles. The Morgan fingerprint density at radius 3 is 1.78 bits per heavy atom. The fraction of sp³-hybridized carbons (Fsp3) is 0.143. The third-order valence-electron chi connectivity index (χ3n) is 7.38. The number of rotatable bonds is 7. The van der Waals surface area contributed by atoms with Gasteiger partial charge in [0.2, 0.25) is 0 Å². The van der Waals surface area contributed by atoms with Gasteiger partial charge in [0.15, 0.2) is 17.0 Å². The number of esters is 1. The highest BCUT2D eigenvalue weighted by Crippen LogP contribution is 2.30. The van der Waals surface area contributed by atoms with E-state index in [0.29, 0.717) is 45.2 Å². The first-order valence-corrected chi connectivity index (χ1v) is 15.7. The van der Waals surface area contributed by atoms with Crippen molar-refractivity contribution in [2.45, 2.75) is 32.3 Å². The normalized spacial score (nSPS) is 12.2. The van der Waals surface area contributed by atoms with Crippen LogP contribution < -0.4 is 20.0 Å². The number of aliphatic hydroxyl groups excluding tert-OH is 1. The maximum atomic E-state index is 12.3. The summed E-state index contributed by atoms with van der Waals surface area (Å²) in [5, 5.41) is 21.0. The zero-order valence-corrected chi connectivity index (χ0v) is 27.8. The minimum absolute atomic E-state index is 0.0660. The number of hydrogen-bond acceptors (Lipinski definition) is 11. The molecule has 284 valence electrons. The number of carbonyl (C=O) groups excluding carboxylic acids is 1. The Hall–Kier alpha value is -6.96. The number of carbonyl (C=O) groups is 1. The number of nitrogens with one attached hydrogen (secondary N) is 2. The molecule has 14 nitrogen and oxygen atoms in total. The first-order valence-electron chi connectivity index (χ1n) is 15.7. The lowest BCUT2D eigenvalue weighted by atomic mass is 10.1. The summed E-state index contributed by atoms with van der Waals surface area (Å²) in [5.41, 5.74) is 4.95. The fourth-order valence-electron chi connectivity index (χ4n) is 4.97. The van der Waals surface area contributed by atoms with Gasteiger partial charge in [-0.15, -0.1) is 26.3 Å². The molecule has 0 fully saturated rings. The van der Waals surface area contributed by atoms with E-state index in [0.717, 1.165) is 11.1 Å². The van der Waals surface area contributed by atoms with Gasteiger partial charge in [0.25, 0.3) is 0 Å². The maximum Gasteiger partial charge on any atom is 0.573 e. The first kappa shape index (κ1) is 37.8. The molecule has 1 aliphatic rings. The number of halogens is 6. The molecule has 0 aliphatic carbocycles. The zero-order chi connectivity index (χ0) is 39.2. The third kappa shape index (κ3) is 10.1. The van der Waals surface area contributed by atoms with E-state index < -0.39 is 18.5 Å². The minimum atomic E-state index is -4.75. The lowest BCUT2D eigenvalue weighted by Crippen LogP contribution is -2.17. The van der Waals surface area contributed by atoms with E-state index in [4.69, 9.17) is 14.3 Å². The molecule has 8 rings (SSSR count). The van der Waals surface area contributed by atoms with Crippen molar-refractivity contribution in [2.75, 3.05) is 0 Å². The molecule has 0 amide bonds. The second-order valence-corrected chi connectivity index (χ2v) is 11.3. The number of pyridine rings is 2. The Morgan fingerprint density at radius 1 is 0.727 bits per heavy atom. The van der Waals surface area contributed by atoms with E-state index in [1.54, 1.807) is 49.1 Å². The average Bonchev–Trinajstić information content (AvgIpc) is 3.96. The number of ether oxygens (including phenoxy) is 3. The third-order valence-corrected chi connectivity index (χ3v) is 7.38. The highest BCUT2D eigenvalue weighted by molar-refractivity contribution is 5.80. The zero-order valence-electron chi connectivity index (χ0n) is 27.8. The summed E-state index contributed by atoms with van der Waals surface area (Å²) in [6.45, 7) is 0.285. The summed E-state index contributed by atoms with van der Waals surface area (Å²) in [6.07, 6.45) is -2.91. The van der Waals surface area contributed by atoms with Gasteiger partial charge in [0.05, 0.1) is 49.0 Å². The number of benzene rings is 2. The summed E-state index contributed by atoms with van der Waals surface area (Å²) >= 11 is 0. The van der Waals surface area contributed by atoms with Crippen LogP contribution in [-0.2, 0) is 24.4 Å².